The van der Waals surface area contributed by atoms with Crippen LogP contribution in [0.2, 0.25) is 0 Å². The summed E-state index contributed by atoms with van der Waals surface area (Å²) in [6.07, 6.45) is 1.73. The highest BCUT2D eigenvalue weighted by molar-refractivity contribution is 5.95. The van der Waals surface area contributed by atoms with Gasteiger partial charge in [-0.3, -0.25) is 4.79 Å². The number of pyridine rings is 1. The summed E-state index contributed by atoms with van der Waals surface area (Å²) in [6, 6.07) is 17.3. The highest BCUT2D eigenvalue weighted by atomic mass is 16.5. The van der Waals surface area contributed by atoms with Gasteiger partial charge in [-0.15, -0.1) is 0 Å². The van der Waals surface area contributed by atoms with Gasteiger partial charge in [-0.05, 0) is 55.6 Å². The molecule has 0 aliphatic carbocycles. The summed E-state index contributed by atoms with van der Waals surface area (Å²) in [5.74, 6) is 1.20. The molecule has 0 aliphatic rings. The number of aromatic nitrogens is 1. The van der Waals surface area contributed by atoms with Crippen LogP contribution >= 0.6 is 0 Å². The first kappa shape index (κ1) is 21.3. The highest BCUT2D eigenvalue weighted by Crippen LogP contribution is 2.31. The Balaban J connectivity index is 1.91. The number of carbonyl (C=O) groups excluding carboxylic acids is 1. The molecule has 3 rings (SSSR count). The Morgan fingerprint density at radius 3 is 2.43 bits per heavy atom. The molecule has 156 valence electrons. The smallest absolute Gasteiger partial charge is 0.253 e. The number of amides is 1. The molecule has 0 bridgehead atoms. The molecular weight excluding hydrogens is 376 g/mol. The third-order valence-electron chi connectivity index (χ3n) is 4.97. The van der Waals surface area contributed by atoms with Crippen molar-refractivity contribution in [2.24, 2.45) is 0 Å². The van der Waals surface area contributed by atoms with Gasteiger partial charge in [-0.1, -0.05) is 24.3 Å². The predicted molar refractivity (Wildman–Crippen MR) is 122 cm³/mol. The number of nitrogens with zero attached hydrogens (tertiary/aromatic N) is 3. The highest BCUT2D eigenvalue weighted by Gasteiger charge is 2.14. The first-order chi connectivity index (χ1) is 14.4. The van der Waals surface area contributed by atoms with E-state index in [1.165, 1.54) is 0 Å². The molecule has 0 atom stereocenters. The number of anilines is 1. The fourth-order valence-corrected chi connectivity index (χ4v) is 3.16. The van der Waals surface area contributed by atoms with Crippen molar-refractivity contribution in [3.05, 3.63) is 66.4 Å². The number of benzene rings is 2. The minimum absolute atomic E-state index is 0.00452. The predicted octanol–water partition coefficient (Wildman–Crippen LogP) is 3.64. The van der Waals surface area contributed by atoms with Crippen LogP contribution in [0.25, 0.3) is 22.3 Å². The zero-order valence-electron chi connectivity index (χ0n) is 17.9. The average molecular weight is 405 g/mol. The van der Waals surface area contributed by atoms with Crippen molar-refractivity contribution < 1.29 is 9.53 Å². The van der Waals surface area contributed by atoms with E-state index in [-0.39, 0.29) is 5.91 Å². The molecule has 0 saturated carbocycles. The molecule has 0 fully saturated rings. The van der Waals surface area contributed by atoms with Crippen LogP contribution in [0, 0.1) is 0 Å². The Labute approximate surface area is 177 Å². The zero-order chi connectivity index (χ0) is 21.7. The second-order valence-electron chi connectivity index (χ2n) is 7.50. The monoisotopic (exact) mass is 404 g/mol. The molecular formula is C24H28N4O2. The van der Waals surface area contributed by atoms with E-state index in [9.17, 15) is 4.79 Å². The van der Waals surface area contributed by atoms with Gasteiger partial charge in [0.05, 0.1) is 7.11 Å². The number of hydrogen-bond donors (Lipinski definition) is 1. The zero-order valence-corrected chi connectivity index (χ0v) is 17.9. The largest absolute Gasteiger partial charge is 0.497 e. The molecule has 3 aromatic rings. The third kappa shape index (κ3) is 4.96. The van der Waals surface area contributed by atoms with Crippen LogP contribution in [-0.2, 0) is 0 Å². The first-order valence-electron chi connectivity index (χ1n) is 9.79. The number of carbonyl (C=O) groups is 1. The van der Waals surface area contributed by atoms with E-state index in [0.717, 1.165) is 34.5 Å². The van der Waals surface area contributed by atoms with Gasteiger partial charge in [-0.2, -0.15) is 0 Å². The van der Waals surface area contributed by atoms with Crippen molar-refractivity contribution in [3.8, 4) is 28.0 Å². The van der Waals surface area contributed by atoms with E-state index in [1.807, 2.05) is 75.7 Å². The standard InChI is InChI=1S/C24H28N4O2/c1-27(2)11-12-28(3)24(29)19-9-5-7-17(13-19)20-15-22(23(25)26-16-20)18-8-6-10-21(14-18)30-4/h5-10,13-16H,11-12H2,1-4H3,(H2,25,26). The Morgan fingerprint density at radius 2 is 1.70 bits per heavy atom. The maximum Gasteiger partial charge on any atom is 0.253 e. The fourth-order valence-electron chi connectivity index (χ4n) is 3.16. The molecule has 2 N–H and O–H groups in total. The van der Waals surface area contributed by atoms with Gasteiger partial charge in [0.25, 0.3) is 5.91 Å². The van der Waals surface area contributed by atoms with E-state index < -0.39 is 0 Å². The summed E-state index contributed by atoms with van der Waals surface area (Å²) in [7, 11) is 7.44. The van der Waals surface area contributed by atoms with Gasteiger partial charge in [0.15, 0.2) is 0 Å². The first-order valence-corrected chi connectivity index (χ1v) is 9.79. The van der Waals surface area contributed by atoms with E-state index >= 15 is 0 Å². The van der Waals surface area contributed by atoms with Crippen molar-refractivity contribution in [3.63, 3.8) is 0 Å². The number of ether oxygens (including phenoxy) is 1. The van der Waals surface area contributed by atoms with Crippen molar-refractivity contribution in [1.82, 2.24) is 14.8 Å². The second kappa shape index (κ2) is 9.41. The van der Waals surface area contributed by atoms with Crippen LogP contribution < -0.4 is 10.5 Å². The van der Waals surface area contributed by atoms with E-state index in [1.54, 1.807) is 18.2 Å². The van der Waals surface area contributed by atoms with Crippen molar-refractivity contribution in [2.75, 3.05) is 47.1 Å². The normalized spacial score (nSPS) is 10.8. The van der Waals surface area contributed by atoms with E-state index in [0.29, 0.717) is 17.9 Å². The maximum absolute atomic E-state index is 12.8. The summed E-state index contributed by atoms with van der Waals surface area (Å²) >= 11 is 0. The quantitative estimate of drug-likeness (QED) is 0.651. The maximum atomic E-state index is 12.8. The van der Waals surface area contributed by atoms with Crippen LogP contribution in [0.5, 0.6) is 5.75 Å². The lowest BCUT2D eigenvalue weighted by Gasteiger charge is -2.20. The average Bonchev–Trinajstić information content (AvgIpc) is 2.77. The summed E-state index contributed by atoms with van der Waals surface area (Å²) in [4.78, 5) is 21.0. The summed E-state index contributed by atoms with van der Waals surface area (Å²) in [5.41, 5.74) is 10.4. The molecule has 2 aromatic carbocycles. The van der Waals surface area contributed by atoms with E-state index in [4.69, 9.17) is 10.5 Å². The van der Waals surface area contributed by atoms with Crippen LogP contribution in [0.15, 0.2) is 60.8 Å². The molecule has 0 unspecified atom stereocenters. The van der Waals surface area contributed by atoms with Crippen molar-refractivity contribution in [2.45, 2.75) is 0 Å². The lowest BCUT2D eigenvalue weighted by atomic mass is 9.99. The molecule has 1 amide bonds. The fraction of sp³-hybridized carbons (Fsp3) is 0.250. The Hall–Kier alpha value is -3.38. The minimum Gasteiger partial charge on any atom is -0.497 e. The molecule has 1 aromatic heterocycles. The second-order valence-corrected chi connectivity index (χ2v) is 7.50. The van der Waals surface area contributed by atoms with Crippen molar-refractivity contribution in [1.29, 1.82) is 0 Å². The lowest BCUT2D eigenvalue weighted by molar-refractivity contribution is 0.0786. The summed E-state index contributed by atoms with van der Waals surface area (Å²) in [6.45, 7) is 1.48. The SMILES string of the molecule is COc1cccc(-c2cc(-c3cccc(C(=O)N(C)CCN(C)C)c3)cnc2N)c1. The minimum atomic E-state index is -0.00452. The third-order valence-corrected chi connectivity index (χ3v) is 4.97. The number of likely N-dealkylation sites (N-methyl/N-ethyl adjacent to an activating group) is 2. The molecule has 6 heteroatoms. The molecule has 0 spiro atoms. The topological polar surface area (TPSA) is 71.7 Å². The van der Waals surface area contributed by atoms with E-state index in [2.05, 4.69) is 9.88 Å². The molecule has 0 radical (unpaired) electrons. The van der Waals surface area contributed by atoms with Crippen LogP contribution in [0.4, 0.5) is 5.82 Å². The number of rotatable bonds is 7. The molecule has 6 nitrogen and oxygen atoms in total. The van der Waals surface area contributed by atoms with Gasteiger partial charge in [0, 0.05) is 43.0 Å². The molecule has 1 heterocycles. The Bertz CT molecular complexity index is 1030. The summed E-state index contributed by atoms with van der Waals surface area (Å²) < 4.78 is 5.32. The van der Waals surface area contributed by atoms with Crippen LogP contribution in [-0.4, -0.2) is 62.0 Å². The van der Waals surface area contributed by atoms with Gasteiger partial charge in [-0.25, -0.2) is 4.98 Å². The molecule has 0 aliphatic heterocycles. The summed E-state index contributed by atoms with van der Waals surface area (Å²) in [5, 5.41) is 0. The van der Waals surface area contributed by atoms with Gasteiger partial charge < -0.3 is 20.3 Å². The van der Waals surface area contributed by atoms with Crippen molar-refractivity contribution >= 4 is 11.7 Å². The van der Waals surface area contributed by atoms with Crippen LogP contribution in [0.3, 0.4) is 0 Å². The molecule has 30 heavy (non-hydrogen) atoms. The van der Waals surface area contributed by atoms with Gasteiger partial charge in [0.1, 0.15) is 11.6 Å². The van der Waals surface area contributed by atoms with Gasteiger partial charge in [0.2, 0.25) is 0 Å². The molecule has 0 saturated heterocycles. The number of methoxy groups -OCH3 is 1. The number of nitrogens with two attached hydrogens (primary N) is 1. The Morgan fingerprint density at radius 1 is 0.967 bits per heavy atom. The number of hydrogen-bond acceptors (Lipinski definition) is 5. The Kier molecular flexibility index (Phi) is 6.69. The number of nitrogen functional groups attached to an aromatic ring is 1. The van der Waals surface area contributed by atoms with Crippen LogP contribution in [0.1, 0.15) is 10.4 Å². The van der Waals surface area contributed by atoms with Gasteiger partial charge >= 0.3 is 0 Å². The lowest BCUT2D eigenvalue weighted by Crippen LogP contribution is -2.33.